The first-order chi connectivity index (χ1) is 4.79. The second-order valence-corrected chi connectivity index (χ2v) is 3.59. The summed E-state index contributed by atoms with van der Waals surface area (Å²) in [6.45, 7) is 4.15. The molecule has 0 bridgehead atoms. The molecule has 0 aromatic rings. The Morgan fingerprint density at radius 3 is 2.80 bits per heavy atom. The van der Waals surface area contributed by atoms with Gasteiger partial charge in [0, 0.05) is 0 Å². The Hall–Kier alpha value is -0.0800. The fourth-order valence-electron chi connectivity index (χ4n) is 1.21. The van der Waals surface area contributed by atoms with Crippen LogP contribution >= 0.6 is 0 Å². The van der Waals surface area contributed by atoms with Crippen LogP contribution < -0.4 is 0 Å². The van der Waals surface area contributed by atoms with Gasteiger partial charge in [-0.15, -0.1) is 0 Å². The normalized spacial score (nSPS) is 43.5. The van der Waals surface area contributed by atoms with Crippen LogP contribution in [0.15, 0.2) is 0 Å². The zero-order valence-electron chi connectivity index (χ0n) is 6.43. The van der Waals surface area contributed by atoms with Crippen LogP contribution in [0.1, 0.15) is 26.2 Å². The zero-order chi connectivity index (χ0) is 7.03. The van der Waals surface area contributed by atoms with Crippen LogP contribution in [0.4, 0.5) is 0 Å². The highest BCUT2D eigenvalue weighted by Gasteiger charge is 2.38. The molecular formula is C8H14O2. The molecule has 2 saturated heterocycles. The number of ether oxygens (including phenoxy) is 2. The second kappa shape index (κ2) is 2.21. The lowest BCUT2D eigenvalue weighted by Gasteiger charge is -2.01. The van der Waals surface area contributed by atoms with Gasteiger partial charge in [0.05, 0.1) is 24.9 Å². The fourth-order valence-corrected chi connectivity index (χ4v) is 1.21. The van der Waals surface area contributed by atoms with Gasteiger partial charge in [-0.25, -0.2) is 0 Å². The van der Waals surface area contributed by atoms with Crippen LogP contribution in [0.5, 0.6) is 0 Å². The number of rotatable bonds is 4. The summed E-state index contributed by atoms with van der Waals surface area (Å²) in [6, 6.07) is 0. The van der Waals surface area contributed by atoms with E-state index in [0.29, 0.717) is 6.10 Å². The summed E-state index contributed by atoms with van der Waals surface area (Å²) in [5, 5.41) is 0. The average molecular weight is 142 g/mol. The highest BCUT2D eigenvalue weighted by molar-refractivity contribution is 4.87. The van der Waals surface area contributed by atoms with E-state index in [2.05, 4.69) is 6.92 Å². The van der Waals surface area contributed by atoms with Crippen LogP contribution in [-0.2, 0) is 9.47 Å². The molecule has 0 spiro atoms. The first-order valence-electron chi connectivity index (χ1n) is 4.04. The summed E-state index contributed by atoms with van der Waals surface area (Å²) in [6.07, 6.45) is 4.31. The van der Waals surface area contributed by atoms with Crippen molar-refractivity contribution >= 4 is 0 Å². The molecule has 0 aromatic carbocycles. The molecule has 0 N–H and O–H groups in total. The Bertz CT molecular complexity index is 125. The first kappa shape index (κ1) is 6.62. The quantitative estimate of drug-likeness (QED) is 0.553. The van der Waals surface area contributed by atoms with Crippen LogP contribution in [0.3, 0.4) is 0 Å². The Morgan fingerprint density at radius 2 is 2.30 bits per heavy atom. The van der Waals surface area contributed by atoms with Crippen LogP contribution in [0.2, 0.25) is 0 Å². The predicted molar refractivity (Wildman–Crippen MR) is 37.9 cm³/mol. The van der Waals surface area contributed by atoms with Crippen molar-refractivity contribution in [1.29, 1.82) is 0 Å². The van der Waals surface area contributed by atoms with Gasteiger partial charge in [-0.1, -0.05) is 0 Å². The summed E-state index contributed by atoms with van der Waals surface area (Å²) < 4.78 is 10.4. The molecule has 2 unspecified atom stereocenters. The topological polar surface area (TPSA) is 25.1 Å². The van der Waals surface area contributed by atoms with E-state index in [9.17, 15) is 0 Å². The van der Waals surface area contributed by atoms with Crippen molar-refractivity contribution in [2.45, 2.75) is 37.9 Å². The summed E-state index contributed by atoms with van der Waals surface area (Å²) in [5.74, 6) is 0. The van der Waals surface area contributed by atoms with Gasteiger partial charge < -0.3 is 9.47 Å². The van der Waals surface area contributed by atoms with E-state index >= 15 is 0 Å². The zero-order valence-corrected chi connectivity index (χ0v) is 6.43. The van der Waals surface area contributed by atoms with Gasteiger partial charge in [-0.05, 0) is 26.2 Å². The summed E-state index contributed by atoms with van der Waals surface area (Å²) in [5.41, 5.74) is 0.259. The van der Waals surface area contributed by atoms with Crippen molar-refractivity contribution in [1.82, 2.24) is 0 Å². The highest BCUT2D eigenvalue weighted by atomic mass is 16.6. The van der Waals surface area contributed by atoms with Gasteiger partial charge in [-0.3, -0.25) is 0 Å². The maximum Gasteiger partial charge on any atom is 0.0888 e. The molecule has 58 valence electrons. The molecule has 2 fully saturated rings. The molecule has 0 aliphatic carbocycles. The van der Waals surface area contributed by atoms with Gasteiger partial charge in [0.15, 0.2) is 0 Å². The van der Waals surface area contributed by atoms with Gasteiger partial charge in [-0.2, -0.15) is 0 Å². The molecule has 10 heavy (non-hydrogen) atoms. The Labute approximate surface area is 61.5 Å². The lowest BCUT2D eigenvalue weighted by Crippen LogP contribution is -2.03. The molecule has 0 aromatic heterocycles. The minimum atomic E-state index is 0.259. The number of epoxide rings is 2. The average Bonchev–Trinajstić information content (AvgIpc) is 2.70. The molecule has 2 heterocycles. The Balaban J connectivity index is 1.54. The van der Waals surface area contributed by atoms with E-state index in [1.807, 2.05) is 0 Å². The third-order valence-corrected chi connectivity index (χ3v) is 2.27. The van der Waals surface area contributed by atoms with Crippen molar-refractivity contribution in [3.05, 3.63) is 0 Å². The highest BCUT2D eigenvalue weighted by Crippen LogP contribution is 2.32. The van der Waals surface area contributed by atoms with Crippen molar-refractivity contribution in [2.24, 2.45) is 0 Å². The maximum absolute atomic E-state index is 5.26. The van der Waals surface area contributed by atoms with E-state index < -0.39 is 0 Å². The molecule has 2 aliphatic heterocycles. The van der Waals surface area contributed by atoms with Crippen molar-refractivity contribution in [2.75, 3.05) is 13.2 Å². The molecule has 0 radical (unpaired) electrons. The fraction of sp³-hybridized carbons (Fsp3) is 1.00. The lowest BCUT2D eigenvalue weighted by molar-refractivity contribution is 0.295. The largest absolute Gasteiger partial charge is 0.373 e. The minimum Gasteiger partial charge on any atom is -0.373 e. The van der Waals surface area contributed by atoms with Crippen molar-refractivity contribution in [3.8, 4) is 0 Å². The molecule has 2 aliphatic rings. The van der Waals surface area contributed by atoms with Gasteiger partial charge >= 0.3 is 0 Å². The van der Waals surface area contributed by atoms with Gasteiger partial charge in [0.2, 0.25) is 0 Å². The third-order valence-electron chi connectivity index (χ3n) is 2.27. The van der Waals surface area contributed by atoms with E-state index in [4.69, 9.17) is 9.47 Å². The Kier molecular flexibility index (Phi) is 1.46. The first-order valence-corrected chi connectivity index (χ1v) is 4.04. The van der Waals surface area contributed by atoms with Gasteiger partial charge in [0.25, 0.3) is 0 Å². The lowest BCUT2D eigenvalue weighted by atomic mass is 10.0. The molecule has 2 heteroatoms. The predicted octanol–water partition coefficient (Wildman–Crippen LogP) is 1.34. The summed E-state index contributed by atoms with van der Waals surface area (Å²) in [7, 11) is 0. The monoisotopic (exact) mass is 142 g/mol. The molecule has 2 nitrogen and oxygen atoms in total. The summed E-state index contributed by atoms with van der Waals surface area (Å²) in [4.78, 5) is 0. The minimum absolute atomic E-state index is 0.259. The molecule has 0 amide bonds. The van der Waals surface area contributed by atoms with Crippen LogP contribution in [0.25, 0.3) is 0 Å². The second-order valence-electron chi connectivity index (χ2n) is 3.59. The van der Waals surface area contributed by atoms with Crippen LogP contribution in [0, 0.1) is 0 Å². The van der Waals surface area contributed by atoms with E-state index in [-0.39, 0.29) is 5.60 Å². The SMILES string of the molecule is CC1(CCCC2CO2)CO1. The van der Waals surface area contributed by atoms with Crippen LogP contribution in [-0.4, -0.2) is 24.9 Å². The standard InChI is InChI=1S/C8H14O2/c1-8(6-10-8)4-2-3-7-5-9-7/h7H,2-6H2,1H3. The van der Waals surface area contributed by atoms with E-state index in [1.165, 1.54) is 19.3 Å². The Morgan fingerprint density at radius 1 is 1.60 bits per heavy atom. The van der Waals surface area contributed by atoms with Gasteiger partial charge in [0.1, 0.15) is 0 Å². The number of hydrogen-bond acceptors (Lipinski definition) is 2. The molecular weight excluding hydrogens is 128 g/mol. The molecule has 2 atom stereocenters. The summed E-state index contributed by atoms with van der Waals surface area (Å²) >= 11 is 0. The number of hydrogen-bond donors (Lipinski definition) is 0. The van der Waals surface area contributed by atoms with E-state index in [0.717, 1.165) is 13.2 Å². The van der Waals surface area contributed by atoms with E-state index in [1.54, 1.807) is 0 Å². The van der Waals surface area contributed by atoms with Crippen molar-refractivity contribution in [3.63, 3.8) is 0 Å². The molecule has 2 rings (SSSR count). The maximum atomic E-state index is 5.26. The molecule has 0 saturated carbocycles. The third kappa shape index (κ3) is 1.70. The smallest absolute Gasteiger partial charge is 0.0888 e. The van der Waals surface area contributed by atoms with Crippen molar-refractivity contribution < 1.29 is 9.47 Å².